The SMILES string of the molecule is O=[N+]([O-])c1ccc(OCc2cc(Br)cs2)cc1F. The first-order chi connectivity index (χ1) is 8.56. The third kappa shape index (κ3) is 3.05. The average molecular weight is 332 g/mol. The summed E-state index contributed by atoms with van der Waals surface area (Å²) in [5, 5.41) is 12.3. The molecule has 0 fully saturated rings. The Kier molecular flexibility index (Phi) is 3.93. The fraction of sp³-hybridized carbons (Fsp3) is 0.0909. The Morgan fingerprint density at radius 2 is 2.22 bits per heavy atom. The number of hydrogen-bond acceptors (Lipinski definition) is 4. The summed E-state index contributed by atoms with van der Waals surface area (Å²) in [7, 11) is 0. The molecule has 0 amide bonds. The maximum Gasteiger partial charge on any atom is 0.305 e. The van der Waals surface area contributed by atoms with Crippen LogP contribution in [-0.2, 0) is 6.61 Å². The molecule has 0 bridgehead atoms. The van der Waals surface area contributed by atoms with Crippen LogP contribution in [0.4, 0.5) is 10.1 Å². The number of hydrogen-bond donors (Lipinski definition) is 0. The average Bonchev–Trinajstić information content (AvgIpc) is 2.72. The Morgan fingerprint density at radius 1 is 1.44 bits per heavy atom. The van der Waals surface area contributed by atoms with Gasteiger partial charge in [0.2, 0.25) is 5.82 Å². The first-order valence-electron chi connectivity index (χ1n) is 4.86. The lowest BCUT2D eigenvalue weighted by atomic mass is 10.3. The van der Waals surface area contributed by atoms with Gasteiger partial charge in [-0.05, 0) is 28.1 Å². The van der Waals surface area contributed by atoms with Crippen LogP contribution < -0.4 is 4.74 Å². The van der Waals surface area contributed by atoms with Gasteiger partial charge < -0.3 is 4.74 Å². The third-order valence-corrected chi connectivity index (χ3v) is 3.79. The van der Waals surface area contributed by atoms with Crippen molar-refractivity contribution in [1.29, 1.82) is 0 Å². The number of benzene rings is 1. The summed E-state index contributed by atoms with van der Waals surface area (Å²) in [6, 6.07) is 5.38. The quantitative estimate of drug-likeness (QED) is 0.625. The van der Waals surface area contributed by atoms with E-state index in [1.165, 1.54) is 17.4 Å². The van der Waals surface area contributed by atoms with Crippen molar-refractivity contribution in [3.05, 3.63) is 54.9 Å². The van der Waals surface area contributed by atoms with E-state index < -0.39 is 16.4 Å². The van der Waals surface area contributed by atoms with Crippen LogP contribution in [0.1, 0.15) is 4.88 Å². The molecule has 2 aromatic rings. The van der Waals surface area contributed by atoms with Gasteiger partial charge in [0, 0.05) is 26.9 Å². The molecule has 0 N–H and O–H groups in total. The number of ether oxygens (including phenoxy) is 1. The Labute approximate surface area is 114 Å². The van der Waals surface area contributed by atoms with E-state index in [0.29, 0.717) is 6.61 Å². The minimum atomic E-state index is -0.898. The lowest BCUT2D eigenvalue weighted by Gasteiger charge is -2.04. The van der Waals surface area contributed by atoms with E-state index >= 15 is 0 Å². The number of nitrogens with zero attached hydrogens (tertiary/aromatic N) is 1. The first kappa shape index (κ1) is 13.0. The summed E-state index contributed by atoms with van der Waals surface area (Å²) < 4.78 is 19.6. The molecule has 0 saturated heterocycles. The molecule has 2 rings (SSSR count). The predicted octanol–water partition coefficient (Wildman–Crippen LogP) is 4.14. The van der Waals surface area contributed by atoms with E-state index in [9.17, 15) is 14.5 Å². The van der Waals surface area contributed by atoms with E-state index in [0.717, 1.165) is 21.5 Å². The highest BCUT2D eigenvalue weighted by molar-refractivity contribution is 9.10. The Hall–Kier alpha value is -1.47. The predicted molar refractivity (Wildman–Crippen MR) is 69.4 cm³/mol. The van der Waals surface area contributed by atoms with Crippen LogP contribution in [-0.4, -0.2) is 4.92 Å². The highest BCUT2D eigenvalue weighted by Crippen LogP contribution is 2.25. The number of halogens is 2. The molecule has 7 heteroatoms. The van der Waals surface area contributed by atoms with Gasteiger partial charge in [-0.15, -0.1) is 11.3 Å². The summed E-state index contributed by atoms with van der Waals surface area (Å²) in [4.78, 5) is 10.6. The van der Waals surface area contributed by atoms with Gasteiger partial charge in [-0.1, -0.05) is 0 Å². The van der Waals surface area contributed by atoms with Crippen LogP contribution in [0.15, 0.2) is 34.1 Å². The lowest BCUT2D eigenvalue weighted by Crippen LogP contribution is -1.96. The minimum Gasteiger partial charge on any atom is -0.488 e. The molecular weight excluding hydrogens is 325 g/mol. The molecular formula is C11H7BrFNO3S. The van der Waals surface area contributed by atoms with Crippen LogP contribution >= 0.6 is 27.3 Å². The van der Waals surface area contributed by atoms with E-state index in [-0.39, 0.29) is 5.75 Å². The summed E-state index contributed by atoms with van der Waals surface area (Å²) in [5.74, 6) is -0.632. The van der Waals surface area contributed by atoms with Crippen molar-refractivity contribution in [1.82, 2.24) is 0 Å². The minimum absolute atomic E-state index is 0.266. The van der Waals surface area contributed by atoms with Crippen molar-refractivity contribution in [2.75, 3.05) is 0 Å². The fourth-order valence-corrected chi connectivity index (χ4v) is 2.67. The van der Waals surface area contributed by atoms with E-state index in [4.69, 9.17) is 4.74 Å². The van der Waals surface area contributed by atoms with E-state index in [2.05, 4.69) is 15.9 Å². The zero-order chi connectivity index (χ0) is 13.1. The van der Waals surface area contributed by atoms with Crippen molar-refractivity contribution < 1.29 is 14.1 Å². The molecule has 0 aliphatic rings. The Balaban J connectivity index is 2.06. The van der Waals surface area contributed by atoms with Gasteiger partial charge in [0.25, 0.3) is 0 Å². The molecule has 18 heavy (non-hydrogen) atoms. The van der Waals surface area contributed by atoms with E-state index in [1.54, 1.807) is 0 Å². The van der Waals surface area contributed by atoms with Crippen molar-refractivity contribution in [2.24, 2.45) is 0 Å². The number of thiophene rings is 1. The second-order valence-electron chi connectivity index (χ2n) is 3.39. The molecule has 0 atom stereocenters. The summed E-state index contributed by atoms with van der Waals surface area (Å²) in [6.45, 7) is 0.299. The standard InChI is InChI=1S/C11H7BrFNO3S/c12-7-3-9(18-6-7)5-17-8-1-2-11(14(15)16)10(13)4-8/h1-4,6H,5H2. The molecule has 4 nitrogen and oxygen atoms in total. The monoisotopic (exact) mass is 331 g/mol. The normalized spacial score (nSPS) is 10.3. The topological polar surface area (TPSA) is 52.4 Å². The Morgan fingerprint density at radius 3 is 2.78 bits per heavy atom. The second-order valence-corrected chi connectivity index (χ2v) is 5.30. The van der Waals surface area contributed by atoms with Crippen LogP contribution in [0.25, 0.3) is 0 Å². The van der Waals surface area contributed by atoms with E-state index in [1.807, 2.05) is 11.4 Å². The second kappa shape index (κ2) is 5.45. The van der Waals surface area contributed by atoms with Crippen molar-refractivity contribution in [3.8, 4) is 5.75 Å². The van der Waals surface area contributed by atoms with Crippen molar-refractivity contribution in [2.45, 2.75) is 6.61 Å². The van der Waals surface area contributed by atoms with Gasteiger partial charge in [-0.3, -0.25) is 10.1 Å². The van der Waals surface area contributed by atoms with Crippen molar-refractivity contribution >= 4 is 33.0 Å². The Bertz CT molecular complexity index is 587. The maximum atomic E-state index is 13.3. The molecule has 1 aromatic carbocycles. The molecule has 0 radical (unpaired) electrons. The zero-order valence-corrected chi connectivity index (χ0v) is 11.3. The molecule has 94 valence electrons. The summed E-state index contributed by atoms with van der Waals surface area (Å²) >= 11 is 4.82. The van der Waals surface area contributed by atoms with Gasteiger partial charge in [-0.25, -0.2) is 0 Å². The molecule has 0 spiro atoms. The van der Waals surface area contributed by atoms with Gasteiger partial charge >= 0.3 is 5.69 Å². The largest absolute Gasteiger partial charge is 0.488 e. The van der Waals surface area contributed by atoms with Gasteiger partial charge in [0.1, 0.15) is 12.4 Å². The third-order valence-electron chi connectivity index (χ3n) is 2.12. The highest BCUT2D eigenvalue weighted by Gasteiger charge is 2.14. The van der Waals surface area contributed by atoms with Crippen LogP contribution in [0.5, 0.6) is 5.75 Å². The maximum absolute atomic E-state index is 13.3. The highest BCUT2D eigenvalue weighted by atomic mass is 79.9. The van der Waals surface area contributed by atoms with Crippen molar-refractivity contribution in [3.63, 3.8) is 0 Å². The fourth-order valence-electron chi connectivity index (χ4n) is 1.31. The van der Waals surface area contributed by atoms with Crippen LogP contribution in [0.2, 0.25) is 0 Å². The molecule has 0 unspecified atom stereocenters. The number of rotatable bonds is 4. The number of nitro groups is 1. The first-order valence-corrected chi connectivity index (χ1v) is 6.53. The molecule has 1 aromatic heterocycles. The molecule has 1 heterocycles. The lowest BCUT2D eigenvalue weighted by molar-refractivity contribution is -0.387. The van der Waals surface area contributed by atoms with Crippen LogP contribution in [0.3, 0.4) is 0 Å². The summed E-state index contributed by atoms with van der Waals surface area (Å²) in [5.41, 5.74) is -0.554. The summed E-state index contributed by atoms with van der Waals surface area (Å²) in [6.07, 6.45) is 0. The smallest absolute Gasteiger partial charge is 0.305 e. The molecule has 0 aliphatic carbocycles. The molecule has 0 aliphatic heterocycles. The molecule has 0 saturated carbocycles. The van der Waals surface area contributed by atoms with Crippen LogP contribution in [0, 0.1) is 15.9 Å². The number of nitro benzene ring substituents is 1. The van der Waals surface area contributed by atoms with Gasteiger partial charge in [0.05, 0.1) is 4.92 Å². The zero-order valence-electron chi connectivity index (χ0n) is 8.93. The van der Waals surface area contributed by atoms with Gasteiger partial charge in [-0.2, -0.15) is 4.39 Å². The van der Waals surface area contributed by atoms with Gasteiger partial charge in [0.15, 0.2) is 0 Å².